The molecule has 5 heteroatoms. The van der Waals surface area contributed by atoms with Crippen LogP contribution in [0.25, 0.3) is 5.95 Å². The fourth-order valence-electron chi connectivity index (χ4n) is 1.33. The number of hydrogen-bond acceptors (Lipinski definition) is 3. The summed E-state index contributed by atoms with van der Waals surface area (Å²) >= 11 is 0. The van der Waals surface area contributed by atoms with Crippen molar-refractivity contribution in [2.24, 2.45) is 5.73 Å². The summed E-state index contributed by atoms with van der Waals surface area (Å²) in [5.74, 6) is 0.826. The van der Waals surface area contributed by atoms with E-state index in [-0.39, 0.29) is 0 Å². The molecule has 2 aromatic heterocycles. The third-order valence-corrected chi connectivity index (χ3v) is 2.11. The van der Waals surface area contributed by atoms with Crippen molar-refractivity contribution in [2.75, 3.05) is 0 Å². The minimum absolute atomic E-state index is 0.507. The summed E-state index contributed by atoms with van der Waals surface area (Å²) in [5.41, 5.74) is 6.52. The van der Waals surface area contributed by atoms with Gasteiger partial charge in [-0.25, -0.2) is 9.67 Å². The van der Waals surface area contributed by atoms with Gasteiger partial charge in [-0.05, 0) is 6.92 Å². The van der Waals surface area contributed by atoms with E-state index in [2.05, 4.69) is 17.0 Å². The zero-order valence-electron chi connectivity index (χ0n) is 8.09. The van der Waals surface area contributed by atoms with Gasteiger partial charge < -0.3 is 10.3 Å². The van der Waals surface area contributed by atoms with Crippen LogP contribution in [0.3, 0.4) is 0 Å². The van der Waals surface area contributed by atoms with Crippen molar-refractivity contribution in [3.63, 3.8) is 0 Å². The van der Waals surface area contributed by atoms with E-state index in [1.165, 1.54) is 0 Å². The Morgan fingerprint density at radius 2 is 2.36 bits per heavy atom. The molecular formula is C9H13N5. The Balaban J connectivity index is 2.38. The lowest BCUT2D eigenvalue weighted by Gasteiger charge is -2.02. The zero-order chi connectivity index (χ0) is 9.97. The van der Waals surface area contributed by atoms with Crippen LogP contribution in [0.4, 0.5) is 0 Å². The summed E-state index contributed by atoms with van der Waals surface area (Å²) in [5, 5.41) is 4.19. The van der Waals surface area contributed by atoms with Gasteiger partial charge in [-0.1, -0.05) is 0 Å². The van der Waals surface area contributed by atoms with Crippen molar-refractivity contribution in [2.45, 2.75) is 20.0 Å². The van der Waals surface area contributed by atoms with Crippen LogP contribution in [0.15, 0.2) is 24.8 Å². The average molecular weight is 191 g/mol. The number of nitrogens with zero attached hydrogens (tertiary/aromatic N) is 4. The maximum Gasteiger partial charge on any atom is 0.230 e. The second-order valence-corrected chi connectivity index (χ2v) is 3.01. The Bertz CT molecular complexity index is 414. The molecule has 0 saturated heterocycles. The first-order chi connectivity index (χ1) is 6.85. The number of aromatic nitrogens is 4. The minimum Gasteiger partial charge on any atom is -0.326 e. The molecule has 0 spiro atoms. The monoisotopic (exact) mass is 191 g/mol. The summed E-state index contributed by atoms with van der Waals surface area (Å²) in [6, 6.07) is 0. The van der Waals surface area contributed by atoms with Gasteiger partial charge in [0.15, 0.2) is 0 Å². The lowest BCUT2D eigenvalue weighted by atomic mass is 10.4. The lowest BCUT2D eigenvalue weighted by Crippen LogP contribution is -2.05. The van der Waals surface area contributed by atoms with Crippen LogP contribution in [0.2, 0.25) is 0 Å². The second kappa shape index (κ2) is 3.63. The largest absolute Gasteiger partial charge is 0.326 e. The molecule has 0 aliphatic rings. The van der Waals surface area contributed by atoms with E-state index >= 15 is 0 Å². The number of aryl methyl sites for hydroxylation is 1. The van der Waals surface area contributed by atoms with Crippen molar-refractivity contribution in [3.8, 4) is 5.95 Å². The van der Waals surface area contributed by atoms with Gasteiger partial charge in [-0.15, -0.1) is 0 Å². The van der Waals surface area contributed by atoms with E-state index in [0.29, 0.717) is 6.54 Å². The molecule has 0 aromatic carbocycles. The van der Waals surface area contributed by atoms with Crippen LogP contribution < -0.4 is 5.73 Å². The summed E-state index contributed by atoms with van der Waals surface area (Å²) < 4.78 is 3.76. The zero-order valence-corrected chi connectivity index (χ0v) is 8.09. The third kappa shape index (κ3) is 1.42. The highest BCUT2D eigenvalue weighted by atomic mass is 15.4. The molecule has 0 saturated carbocycles. The van der Waals surface area contributed by atoms with Gasteiger partial charge in [0.1, 0.15) is 0 Å². The minimum atomic E-state index is 0.507. The molecule has 2 aromatic rings. The van der Waals surface area contributed by atoms with Crippen LogP contribution in [-0.4, -0.2) is 19.3 Å². The Kier molecular flexibility index (Phi) is 2.32. The maximum atomic E-state index is 5.51. The van der Waals surface area contributed by atoms with Crippen LogP contribution in [-0.2, 0) is 13.1 Å². The van der Waals surface area contributed by atoms with Crippen LogP contribution in [0.1, 0.15) is 12.5 Å². The first-order valence-corrected chi connectivity index (χ1v) is 4.60. The molecule has 14 heavy (non-hydrogen) atoms. The predicted octanol–water partition coefficient (Wildman–Crippen LogP) is 0.547. The van der Waals surface area contributed by atoms with E-state index in [9.17, 15) is 0 Å². The lowest BCUT2D eigenvalue weighted by molar-refractivity contribution is 0.686. The quantitative estimate of drug-likeness (QED) is 0.770. The number of nitrogens with two attached hydrogens (primary N) is 1. The highest BCUT2D eigenvalue weighted by Crippen LogP contribution is 2.05. The molecule has 0 bridgehead atoms. The summed E-state index contributed by atoms with van der Waals surface area (Å²) in [6.07, 6.45) is 7.35. The van der Waals surface area contributed by atoms with E-state index in [1.54, 1.807) is 17.1 Å². The Morgan fingerprint density at radius 3 is 3.00 bits per heavy atom. The second-order valence-electron chi connectivity index (χ2n) is 3.01. The highest BCUT2D eigenvalue weighted by molar-refractivity contribution is 5.15. The molecule has 2 N–H and O–H groups in total. The molecule has 0 unspecified atom stereocenters. The van der Waals surface area contributed by atoms with Gasteiger partial charge in [0, 0.05) is 37.2 Å². The number of rotatable bonds is 3. The van der Waals surface area contributed by atoms with Gasteiger partial charge in [0.05, 0.1) is 6.20 Å². The third-order valence-electron chi connectivity index (χ3n) is 2.11. The van der Waals surface area contributed by atoms with E-state index < -0.39 is 0 Å². The molecule has 0 radical (unpaired) electrons. The first kappa shape index (κ1) is 8.96. The molecule has 2 rings (SSSR count). The molecule has 0 fully saturated rings. The van der Waals surface area contributed by atoms with E-state index in [1.807, 2.05) is 17.0 Å². The van der Waals surface area contributed by atoms with Crippen LogP contribution in [0.5, 0.6) is 0 Å². The summed E-state index contributed by atoms with van der Waals surface area (Å²) in [6.45, 7) is 3.46. The molecule has 2 heterocycles. The van der Waals surface area contributed by atoms with Crippen LogP contribution >= 0.6 is 0 Å². The smallest absolute Gasteiger partial charge is 0.230 e. The van der Waals surface area contributed by atoms with Crippen molar-refractivity contribution >= 4 is 0 Å². The van der Waals surface area contributed by atoms with E-state index in [0.717, 1.165) is 18.1 Å². The molecule has 5 nitrogen and oxygen atoms in total. The SMILES string of the molecule is CCn1ccnc1-n1cc(CN)cn1. The molecular weight excluding hydrogens is 178 g/mol. The summed E-state index contributed by atoms with van der Waals surface area (Å²) in [7, 11) is 0. The standard InChI is InChI=1S/C9H13N5/c1-2-13-4-3-11-9(13)14-7-8(5-10)6-12-14/h3-4,6-7H,2,5,10H2,1H3. The molecule has 0 aliphatic carbocycles. The number of imidazole rings is 1. The van der Waals surface area contributed by atoms with Gasteiger partial charge in [-0.3, -0.25) is 0 Å². The maximum absolute atomic E-state index is 5.51. The fraction of sp³-hybridized carbons (Fsp3) is 0.333. The average Bonchev–Trinajstić information content (AvgIpc) is 2.85. The highest BCUT2D eigenvalue weighted by Gasteiger charge is 2.04. The van der Waals surface area contributed by atoms with Crippen molar-refractivity contribution in [3.05, 3.63) is 30.4 Å². The van der Waals surface area contributed by atoms with Gasteiger partial charge >= 0.3 is 0 Å². The Hall–Kier alpha value is -1.62. The molecule has 0 amide bonds. The Morgan fingerprint density at radius 1 is 1.50 bits per heavy atom. The molecule has 0 aliphatic heterocycles. The van der Waals surface area contributed by atoms with Crippen molar-refractivity contribution < 1.29 is 0 Å². The Labute approximate surface area is 82.2 Å². The van der Waals surface area contributed by atoms with Crippen molar-refractivity contribution in [1.29, 1.82) is 0 Å². The topological polar surface area (TPSA) is 61.7 Å². The predicted molar refractivity (Wildman–Crippen MR) is 52.9 cm³/mol. The van der Waals surface area contributed by atoms with Gasteiger partial charge in [-0.2, -0.15) is 5.10 Å². The van der Waals surface area contributed by atoms with Gasteiger partial charge in [0.25, 0.3) is 0 Å². The fourth-order valence-corrected chi connectivity index (χ4v) is 1.33. The normalized spacial score (nSPS) is 10.7. The molecule has 0 atom stereocenters. The summed E-state index contributed by atoms with van der Waals surface area (Å²) in [4.78, 5) is 4.23. The first-order valence-electron chi connectivity index (χ1n) is 4.60. The van der Waals surface area contributed by atoms with Gasteiger partial charge in [0.2, 0.25) is 5.95 Å². The molecule has 74 valence electrons. The van der Waals surface area contributed by atoms with Crippen LogP contribution in [0, 0.1) is 0 Å². The number of hydrogen-bond donors (Lipinski definition) is 1. The van der Waals surface area contributed by atoms with Crippen molar-refractivity contribution in [1.82, 2.24) is 19.3 Å². The van der Waals surface area contributed by atoms with E-state index in [4.69, 9.17) is 5.73 Å².